The van der Waals surface area contributed by atoms with Crippen LogP contribution in [-0.2, 0) is 25.7 Å². The second-order valence-corrected chi connectivity index (χ2v) is 13.3. The van der Waals surface area contributed by atoms with Crippen LogP contribution in [0.1, 0.15) is 46.0 Å². The minimum Gasteiger partial charge on any atom is -0.477 e. The van der Waals surface area contributed by atoms with Gasteiger partial charge in [-0.15, -0.1) is 16.9 Å². The molecule has 15 heteroatoms. The second-order valence-electron chi connectivity index (χ2n) is 12.0. The monoisotopic (exact) mass is 587 g/mol. The van der Waals surface area contributed by atoms with E-state index in [1.165, 1.54) is 40.5 Å². The Balaban J connectivity index is 1.07. The van der Waals surface area contributed by atoms with Crippen LogP contribution in [0.2, 0.25) is 0 Å². The number of aromatic nitrogens is 4. The van der Waals surface area contributed by atoms with Gasteiger partial charge < -0.3 is 30.9 Å². The molecule has 0 bridgehead atoms. The molecule has 4 saturated heterocycles. The molecule has 14 nitrogen and oxygen atoms in total. The molecule has 6 rings (SSSR count). The van der Waals surface area contributed by atoms with E-state index in [0.717, 1.165) is 32.5 Å². The fraction of sp³-hybridized carbons (Fsp3) is 0.731. The van der Waals surface area contributed by atoms with E-state index >= 15 is 0 Å². The number of thioether (sulfide) groups is 1. The Morgan fingerprint density at radius 1 is 1.27 bits per heavy atom. The van der Waals surface area contributed by atoms with Crippen molar-refractivity contribution in [3.05, 3.63) is 16.9 Å². The molecule has 6 atom stereocenters. The van der Waals surface area contributed by atoms with Crippen molar-refractivity contribution in [1.82, 2.24) is 46.0 Å². The molecule has 1 aromatic rings. The zero-order valence-corrected chi connectivity index (χ0v) is 24.1. The minimum absolute atomic E-state index is 0.0176. The molecule has 222 valence electrons. The number of carbonyl (C=O) groups is 4. The molecule has 0 unspecified atom stereocenters. The number of nitrogens with one attached hydrogen (secondary N) is 3. The van der Waals surface area contributed by atoms with E-state index in [1.807, 2.05) is 11.8 Å². The first-order valence-corrected chi connectivity index (χ1v) is 15.3. The highest BCUT2D eigenvalue weighted by Crippen LogP contribution is 2.52. The molecule has 1 aromatic heterocycles. The number of hydrogen-bond donors (Lipinski definition) is 4. The molecule has 0 radical (unpaired) electrons. The molecule has 41 heavy (non-hydrogen) atoms. The molecule has 6 heterocycles. The van der Waals surface area contributed by atoms with Gasteiger partial charge in [-0.05, 0) is 56.0 Å². The fourth-order valence-corrected chi connectivity index (χ4v) is 8.80. The molecule has 0 aliphatic carbocycles. The number of piperidine rings is 1. The van der Waals surface area contributed by atoms with Gasteiger partial charge in [-0.3, -0.25) is 14.4 Å². The summed E-state index contributed by atoms with van der Waals surface area (Å²) in [6.45, 7) is 6.80. The van der Waals surface area contributed by atoms with Gasteiger partial charge in [-0.25, -0.2) is 9.48 Å². The quantitative estimate of drug-likeness (QED) is 0.279. The number of rotatable bonds is 8. The molecule has 5 aliphatic heterocycles. The van der Waals surface area contributed by atoms with Crippen LogP contribution in [0.25, 0.3) is 0 Å². The van der Waals surface area contributed by atoms with Crippen LogP contribution in [-0.4, -0.2) is 114 Å². The van der Waals surface area contributed by atoms with Crippen LogP contribution >= 0.6 is 11.8 Å². The van der Waals surface area contributed by atoms with Crippen molar-refractivity contribution in [1.29, 1.82) is 0 Å². The Hall–Kier alpha value is -3.04. The van der Waals surface area contributed by atoms with Crippen molar-refractivity contribution < 1.29 is 24.3 Å². The number of amides is 3. The topological polar surface area (TPSA) is 175 Å². The van der Waals surface area contributed by atoms with Crippen molar-refractivity contribution in [3.63, 3.8) is 0 Å². The van der Waals surface area contributed by atoms with Crippen molar-refractivity contribution in [2.24, 2.45) is 11.8 Å². The second kappa shape index (κ2) is 11.0. The summed E-state index contributed by atoms with van der Waals surface area (Å²) in [4.78, 5) is 55.4. The molecular weight excluding hydrogens is 550 g/mol. The van der Waals surface area contributed by atoms with Crippen LogP contribution in [0.3, 0.4) is 0 Å². The van der Waals surface area contributed by atoms with Gasteiger partial charge in [-0.1, -0.05) is 6.92 Å². The Kier molecular flexibility index (Phi) is 7.53. The number of carboxylic acids is 1. The van der Waals surface area contributed by atoms with Crippen LogP contribution < -0.4 is 16.0 Å². The summed E-state index contributed by atoms with van der Waals surface area (Å²) < 4.78 is 1.29. The number of fused-ring (bicyclic) bond motifs is 1. The van der Waals surface area contributed by atoms with Crippen molar-refractivity contribution in [2.75, 3.05) is 26.2 Å². The summed E-state index contributed by atoms with van der Waals surface area (Å²) >= 11 is 1.47. The highest BCUT2D eigenvalue weighted by atomic mass is 32.2. The van der Waals surface area contributed by atoms with Gasteiger partial charge in [0.05, 0.1) is 18.0 Å². The maximum Gasteiger partial charge on any atom is 0.353 e. The van der Waals surface area contributed by atoms with E-state index in [-0.39, 0.29) is 58.8 Å². The molecule has 0 saturated carbocycles. The lowest BCUT2D eigenvalue weighted by Crippen LogP contribution is -2.66. The number of β-lactam (4-membered cyclic amide) rings is 1. The van der Waals surface area contributed by atoms with Crippen molar-refractivity contribution in [2.45, 2.75) is 81.4 Å². The molecule has 3 amide bonds. The lowest BCUT2D eigenvalue weighted by Gasteiger charge is -2.47. The summed E-state index contributed by atoms with van der Waals surface area (Å²) in [5.41, 5.74) is 0.233. The number of carbonyl (C=O) groups excluding carboxylic acids is 3. The summed E-state index contributed by atoms with van der Waals surface area (Å²) in [6.07, 6.45) is 6.29. The highest BCUT2D eigenvalue weighted by molar-refractivity contribution is 8.03. The van der Waals surface area contributed by atoms with Gasteiger partial charge >= 0.3 is 5.97 Å². The molecular formula is C26H37N9O5S. The van der Waals surface area contributed by atoms with Gasteiger partial charge in [0.1, 0.15) is 18.6 Å². The van der Waals surface area contributed by atoms with E-state index in [2.05, 4.69) is 31.5 Å². The van der Waals surface area contributed by atoms with Crippen LogP contribution in [0.4, 0.5) is 0 Å². The molecule has 4 N–H and O–H groups in total. The predicted molar refractivity (Wildman–Crippen MR) is 147 cm³/mol. The lowest BCUT2D eigenvalue weighted by atomic mass is 9.78. The van der Waals surface area contributed by atoms with E-state index in [9.17, 15) is 24.3 Å². The third-order valence-corrected chi connectivity index (χ3v) is 11.0. The van der Waals surface area contributed by atoms with E-state index in [0.29, 0.717) is 17.9 Å². The Labute approximate surface area is 242 Å². The van der Waals surface area contributed by atoms with E-state index in [1.54, 1.807) is 6.92 Å². The van der Waals surface area contributed by atoms with E-state index in [4.69, 9.17) is 0 Å². The van der Waals surface area contributed by atoms with Gasteiger partial charge in [0.2, 0.25) is 17.7 Å². The Morgan fingerprint density at radius 3 is 2.71 bits per heavy atom. The number of hydrogen-bond acceptors (Lipinski definition) is 10. The number of aliphatic carboxylic acids is 1. The maximum absolute atomic E-state index is 13.3. The number of nitrogens with zero attached hydrogens (tertiary/aromatic N) is 6. The fourth-order valence-electron chi connectivity index (χ4n) is 7.32. The average molecular weight is 588 g/mol. The SMILES string of the molecule is C[C@@H](NC(=O)Cn1cnnn1)[C@H]1C(=O)N2C(C(=O)O)=C(S[C@@H]3CN[C@H](C(=O)N4CCC5(CCCN5)CC4)C3)[C@H](C)[C@H]12. The molecule has 0 aromatic carbocycles. The average Bonchev–Trinajstić information content (AvgIpc) is 3.74. The highest BCUT2D eigenvalue weighted by Gasteiger charge is 2.60. The third-order valence-electron chi connectivity index (χ3n) is 9.46. The first-order chi connectivity index (χ1) is 19.7. The Morgan fingerprint density at radius 2 is 2.05 bits per heavy atom. The first kappa shape index (κ1) is 28.1. The lowest BCUT2D eigenvalue weighted by molar-refractivity contribution is -0.158. The van der Waals surface area contributed by atoms with Gasteiger partial charge in [0.25, 0.3) is 0 Å². The van der Waals surface area contributed by atoms with Crippen molar-refractivity contribution >= 4 is 35.5 Å². The standard InChI is InChI=1S/C26H37N9O5S/c1-14-20-19(15(2)30-18(36)12-34-13-29-31-32-34)24(38)35(20)21(25(39)40)22(14)41-16-10-17(27-11-16)23(37)33-8-5-26(6-9-33)4-3-7-28-26/h13-17,19-20,27-28H,3-12H2,1-2H3,(H,30,36)(H,39,40)/t14-,15-,16+,17+,19-,20-/m1/s1. The van der Waals surface area contributed by atoms with E-state index < -0.39 is 17.9 Å². The Bertz CT molecular complexity index is 1240. The maximum atomic E-state index is 13.3. The van der Waals surface area contributed by atoms with Gasteiger partial charge in [0.15, 0.2) is 0 Å². The van der Waals surface area contributed by atoms with Gasteiger partial charge in [-0.2, -0.15) is 0 Å². The van der Waals surface area contributed by atoms with Crippen LogP contribution in [0, 0.1) is 11.8 Å². The van der Waals surface area contributed by atoms with Crippen molar-refractivity contribution in [3.8, 4) is 0 Å². The van der Waals surface area contributed by atoms with Crippen LogP contribution in [0.15, 0.2) is 16.9 Å². The summed E-state index contributed by atoms with van der Waals surface area (Å²) in [5, 5.41) is 30.7. The van der Waals surface area contributed by atoms with Crippen LogP contribution in [0.5, 0.6) is 0 Å². The zero-order valence-electron chi connectivity index (χ0n) is 23.3. The normalized spacial score (nSPS) is 31.4. The molecule has 4 fully saturated rings. The smallest absolute Gasteiger partial charge is 0.353 e. The summed E-state index contributed by atoms with van der Waals surface area (Å²) in [7, 11) is 0. The third kappa shape index (κ3) is 5.12. The number of tetrazole rings is 1. The largest absolute Gasteiger partial charge is 0.477 e. The molecule has 1 spiro atoms. The van der Waals surface area contributed by atoms with Gasteiger partial charge in [0, 0.05) is 47.3 Å². The molecule has 5 aliphatic rings. The first-order valence-electron chi connectivity index (χ1n) is 14.4. The summed E-state index contributed by atoms with van der Waals surface area (Å²) in [5.74, 6) is -2.40. The zero-order chi connectivity index (χ0) is 28.9. The number of carboxylic acid groups (broad SMARTS) is 1. The number of likely N-dealkylation sites (tertiary alicyclic amines) is 1. The predicted octanol–water partition coefficient (Wildman–Crippen LogP) is -0.841. The minimum atomic E-state index is -1.13. The summed E-state index contributed by atoms with van der Waals surface area (Å²) in [6, 6.07) is -1.13.